The number of carbonyl (C=O) groups is 1. The van der Waals surface area contributed by atoms with Gasteiger partial charge in [0, 0.05) is 10.4 Å². The SMILES string of the molecule is Cc1ccc(O)c(C2NC(=O)c3c(sc4c3CCCC4)N2)c1. The first-order valence-electron chi connectivity index (χ1n) is 7.65. The maximum atomic E-state index is 12.6. The van der Waals surface area contributed by atoms with Crippen molar-refractivity contribution in [3.8, 4) is 5.75 Å². The van der Waals surface area contributed by atoms with Crippen molar-refractivity contribution in [2.24, 2.45) is 0 Å². The van der Waals surface area contributed by atoms with Gasteiger partial charge in [-0.1, -0.05) is 11.6 Å². The lowest BCUT2D eigenvalue weighted by Crippen LogP contribution is -2.38. The number of anilines is 1. The topological polar surface area (TPSA) is 61.4 Å². The van der Waals surface area contributed by atoms with Crippen molar-refractivity contribution in [2.75, 3.05) is 5.32 Å². The molecule has 4 rings (SSSR count). The third-order valence-corrected chi connectivity index (χ3v) is 5.67. The molecule has 2 aromatic rings. The number of rotatable bonds is 1. The quantitative estimate of drug-likeness (QED) is 0.755. The van der Waals surface area contributed by atoms with Gasteiger partial charge in [-0.25, -0.2) is 0 Å². The van der Waals surface area contributed by atoms with Gasteiger partial charge >= 0.3 is 0 Å². The van der Waals surface area contributed by atoms with E-state index >= 15 is 0 Å². The van der Waals surface area contributed by atoms with Gasteiger partial charge in [-0.15, -0.1) is 11.3 Å². The van der Waals surface area contributed by atoms with Gasteiger partial charge in [0.1, 0.15) is 16.9 Å². The number of fused-ring (bicyclic) bond motifs is 3. The van der Waals surface area contributed by atoms with Crippen LogP contribution in [0.4, 0.5) is 5.00 Å². The van der Waals surface area contributed by atoms with Gasteiger partial charge in [-0.3, -0.25) is 4.79 Å². The predicted octanol–water partition coefficient (Wildman–Crippen LogP) is 3.50. The van der Waals surface area contributed by atoms with Crippen molar-refractivity contribution in [3.05, 3.63) is 45.3 Å². The van der Waals surface area contributed by atoms with Gasteiger partial charge in [0.15, 0.2) is 0 Å². The van der Waals surface area contributed by atoms with Gasteiger partial charge < -0.3 is 15.7 Å². The van der Waals surface area contributed by atoms with E-state index < -0.39 is 0 Å². The third kappa shape index (κ3) is 2.08. The lowest BCUT2D eigenvalue weighted by molar-refractivity contribution is 0.0935. The fourth-order valence-electron chi connectivity index (χ4n) is 3.34. The van der Waals surface area contributed by atoms with Crippen LogP contribution < -0.4 is 10.6 Å². The highest BCUT2D eigenvalue weighted by molar-refractivity contribution is 7.16. The smallest absolute Gasteiger partial charge is 0.256 e. The minimum Gasteiger partial charge on any atom is -0.508 e. The Morgan fingerprint density at radius 3 is 2.91 bits per heavy atom. The number of benzene rings is 1. The average Bonchev–Trinajstić information content (AvgIpc) is 2.88. The van der Waals surface area contributed by atoms with E-state index in [2.05, 4.69) is 10.6 Å². The fraction of sp³-hybridized carbons (Fsp3) is 0.353. The predicted molar refractivity (Wildman–Crippen MR) is 87.6 cm³/mol. The van der Waals surface area contributed by atoms with E-state index in [1.165, 1.54) is 16.9 Å². The number of aryl methyl sites for hydroxylation is 2. The molecule has 22 heavy (non-hydrogen) atoms. The Labute approximate surface area is 133 Å². The summed E-state index contributed by atoms with van der Waals surface area (Å²) in [6, 6.07) is 5.44. The first-order chi connectivity index (χ1) is 10.6. The van der Waals surface area contributed by atoms with Crippen LogP contribution in [0.15, 0.2) is 18.2 Å². The molecule has 3 N–H and O–H groups in total. The zero-order valence-corrected chi connectivity index (χ0v) is 13.2. The summed E-state index contributed by atoms with van der Waals surface area (Å²) in [6.45, 7) is 1.98. The summed E-state index contributed by atoms with van der Waals surface area (Å²) in [7, 11) is 0. The van der Waals surface area contributed by atoms with Crippen LogP contribution in [0.2, 0.25) is 0 Å². The largest absolute Gasteiger partial charge is 0.508 e. The molecule has 1 aromatic heterocycles. The Kier molecular flexibility index (Phi) is 3.11. The molecule has 5 heteroatoms. The summed E-state index contributed by atoms with van der Waals surface area (Å²) in [5.74, 6) is 0.173. The van der Waals surface area contributed by atoms with E-state index in [0.29, 0.717) is 5.56 Å². The van der Waals surface area contributed by atoms with Crippen LogP contribution in [0, 0.1) is 6.92 Å². The van der Waals surface area contributed by atoms with Crippen LogP contribution in [-0.4, -0.2) is 11.0 Å². The fourth-order valence-corrected chi connectivity index (χ4v) is 4.65. The molecular formula is C17H18N2O2S. The van der Waals surface area contributed by atoms with Gasteiger partial charge in [0.25, 0.3) is 5.91 Å². The Hall–Kier alpha value is -2.01. The summed E-state index contributed by atoms with van der Waals surface area (Å²) in [4.78, 5) is 13.9. The number of phenols is 1. The van der Waals surface area contributed by atoms with E-state index in [0.717, 1.165) is 35.4 Å². The number of amides is 1. The normalized spacial score (nSPS) is 19.9. The maximum absolute atomic E-state index is 12.6. The molecule has 1 unspecified atom stereocenters. The second-order valence-corrected chi connectivity index (χ2v) is 7.13. The lowest BCUT2D eigenvalue weighted by Gasteiger charge is -2.27. The second kappa shape index (κ2) is 5.02. The number of carbonyl (C=O) groups excluding carboxylic acids is 1. The van der Waals surface area contributed by atoms with Gasteiger partial charge in [0.05, 0.1) is 5.56 Å². The highest BCUT2D eigenvalue weighted by Gasteiger charge is 2.32. The second-order valence-electron chi connectivity index (χ2n) is 6.03. The van der Waals surface area contributed by atoms with Crippen LogP contribution in [0.5, 0.6) is 5.75 Å². The zero-order chi connectivity index (χ0) is 15.3. The number of hydrogen-bond donors (Lipinski definition) is 3. The highest BCUT2D eigenvalue weighted by Crippen LogP contribution is 2.42. The van der Waals surface area contributed by atoms with Crippen molar-refractivity contribution >= 4 is 22.2 Å². The Morgan fingerprint density at radius 1 is 1.23 bits per heavy atom. The van der Waals surface area contributed by atoms with E-state index in [1.54, 1.807) is 17.4 Å². The summed E-state index contributed by atoms with van der Waals surface area (Å²) in [6.07, 6.45) is 4.06. The minimum absolute atomic E-state index is 0.0287. The van der Waals surface area contributed by atoms with Crippen molar-refractivity contribution in [1.82, 2.24) is 5.32 Å². The van der Waals surface area contributed by atoms with Gasteiger partial charge in [-0.2, -0.15) is 0 Å². The van der Waals surface area contributed by atoms with Crippen LogP contribution >= 0.6 is 11.3 Å². The van der Waals surface area contributed by atoms with Crippen LogP contribution in [0.25, 0.3) is 0 Å². The van der Waals surface area contributed by atoms with Crippen molar-refractivity contribution in [1.29, 1.82) is 0 Å². The molecule has 4 nitrogen and oxygen atoms in total. The third-order valence-electron chi connectivity index (χ3n) is 4.44. The maximum Gasteiger partial charge on any atom is 0.256 e. The van der Waals surface area contributed by atoms with Crippen LogP contribution in [0.1, 0.15) is 50.9 Å². The first kappa shape index (κ1) is 13.6. The molecule has 1 atom stereocenters. The monoisotopic (exact) mass is 314 g/mol. The molecule has 1 aliphatic heterocycles. The highest BCUT2D eigenvalue weighted by atomic mass is 32.1. The summed E-state index contributed by atoms with van der Waals surface area (Å²) in [5, 5.41) is 17.4. The molecule has 0 spiro atoms. The number of aromatic hydroxyl groups is 1. The number of nitrogens with one attached hydrogen (secondary N) is 2. The van der Waals surface area contributed by atoms with E-state index in [4.69, 9.17) is 0 Å². The van der Waals surface area contributed by atoms with Gasteiger partial charge in [0.2, 0.25) is 0 Å². The molecule has 0 saturated heterocycles. The molecule has 0 radical (unpaired) electrons. The molecule has 0 fully saturated rings. The van der Waals surface area contributed by atoms with E-state index in [-0.39, 0.29) is 17.8 Å². The molecule has 114 valence electrons. The average molecular weight is 314 g/mol. The molecule has 1 aromatic carbocycles. The standard InChI is InChI=1S/C17H18N2O2S/c1-9-6-7-12(20)11(8-9)15-18-16(21)14-10-4-2-3-5-13(10)22-17(14)19-15/h6-8,15,19-20H,2-5H2,1H3,(H,18,21). The van der Waals surface area contributed by atoms with Crippen molar-refractivity contribution in [2.45, 2.75) is 38.8 Å². The van der Waals surface area contributed by atoms with Crippen LogP contribution in [-0.2, 0) is 12.8 Å². The summed E-state index contributed by atoms with van der Waals surface area (Å²) in [5.41, 5.74) is 3.82. The molecule has 0 saturated carbocycles. The Bertz CT molecular complexity index is 766. The van der Waals surface area contributed by atoms with Crippen LogP contribution in [0.3, 0.4) is 0 Å². The van der Waals surface area contributed by atoms with Gasteiger partial charge in [-0.05, 0) is 50.3 Å². The molecular weight excluding hydrogens is 296 g/mol. The minimum atomic E-state index is -0.375. The van der Waals surface area contributed by atoms with Crippen molar-refractivity contribution in [3.63, 3.8) is 0 Å². The van der Waals surface area contributed by atoms with E-state index in [9.17, 15) is 9.90 Å². The van der Waals surface area contributed by atoms with Crippen molar-refractivity contribution < 1.29 is 9.90 Å². The molecule has 2 heterocycles. The lowest BCUT2D eigenvalue weighted by atomic mass is 9.94. The first-order valence-corrected chi connectivity index (χ1v) is 8.46. The number of hydrogen-bond acceptors (Lipinski definition) is 4. The Morgan fingerprint density at radius 2 is 2.05 bits per heavy atom. The molecule has 2 aliphatic rings. The molecule has 1 amide bonds. The summed E-state index contributed by atoms with van der Waals surface area (Å²) < 4.78 is 0. The number of thiophene rings is 1. The number of phenolic OH excluding ortho intramolecular Hbond substituents is 1. The zero-order valence-electron chi connectivity index (χ0n) is 12.4. The summed E-state index contributed by atoms with van der Waals surface area (Å²) >= 11 is 1.70. The molecule has 0 bridgehead atoms. The molecule has 1 aliphatic carbocycles. The van der Waals surface area contributed by atoms with E-state index in [1.807, 2.05) is 19.1 Å². The Balaban J connectivity index is 1.74.